The number of thioether (sulfide) groups is 1. The summed E-state index contributed by atoms with van der Waals surface area (Å²) in [6.45, 7) is 15.4. The highest BCUT2D eigenvalue weighted by Crippen LogP contribution is 2.47. The minimum Gasteiger partial charge on any atom is -0.444 e. The van der Waals surface area contributed by atoms with Crippen LogP contribution in [0.25, 0.3) is 0 Å². The first kappa shape index (κ1) is 19.1. The van der Waals surface area contributed by atoms with Crippen molar-refractivity contribution >= 4 is 25.0 Å². The van der Waals surface area contributed by atoms with Gasteiger partial charge >= 0.3 is 13.2 Å². The van der Waals surface area contributed by atoms with Crippen molar-refractivity contribution in [2.24, 2.45) is 5.92 Å². The third-order valence-electron chi connectivity index (χ3n) is 5.40. The second-order valence-electron chi connectivity index (χ2n) is 9.19. The Bertz CT molecular complexity index is 568. The number of hydrogen-bond donors (Lipinski definition) is 0. The average Bonchev–Trinajstić information content (AvgIpc) is 2.95. The molecule has 7 heteroatoms. The first-order chi connectivity index (χ1) is 11.4. The summed E-state index contributed by atoms with van der Waals surface area (Å²) in [4.78, 5) is 15.3. The normalized spacial score (nSPS) is 30.9. The molecule has 0 N–H and O–H groups in total. The lowest BCUT2D eigenvalue weighted by Gasteiger charge is -2.35. The van der Waals surface area contributed by atoms with Crippen LogP contribution in [-0.4, -0.2) is 53.3 Å². The lowest BCUT2D eigenvalue weighted by atomic mass is 9.86. The maximum atomic E-state index is 12.3. The standard InChI is InChI=1S/C18H30BNO4S/c1-16(2,3)22-15(21)20-9-8-13-12(11-20)10-14(25-13)19-23-17(4,5)18(6,7)24-19/h10,12-13H,8-9,11H2,1-7H3. The number of rotatable bonds is 1. The Morgan fingerprint density at radius 2 is 1.88 bits per heavy atom. The summed E-state index contributed by atoms with van der Waals surface area (Å²) in [7, 11) is -0.296. The summed E-state index contributed by atoms with van der Waals surface area (Å²) < 4.78 is 17.9. The van der Waals surface area contributed by atoms with E-state index in [9.17, 15) is 4.79 Å². The van der Waals surface area contributed by atoms with E-state index < -0.39 is 5.60 Å². The van der Waals surface area contributed by atoms with Crippen molar-refractivity contribution in [1.82, 2.24) is 4.90 Å². The quantitative estimate of drug-likeness (QED) is 0.659. The number of amides is 1. The first-order valence-electron chi connectivity index (χ1n) is 9.10. The molecule has 25 heavy (non-hydrogen) atoms. The molecule has 0 spiro atoms. The van der Waals surface area contributed by atoms with Crippen LogP contribution in [0, 0.1) is 5.92 Å². The second kappa shape index (κ2) is 6.20. The van der Waals surface area contributed by atoms with Gasteiger partial charge in [-0.1, -0.05) is 6.08 Å². The Balaban J connectivity index is 1.65. The van der Waals surface area contributed by atoms with Gasteiger partial charge in [-0.3, -0.25) is 0 Å². The van der Waals surface area contributed by atoms with Crippen molar-refractivity contribution in [3.8, 4) is 0 Å². The smallest absolute Gasteiger partial charge is 0.444 e. The van der Waals surface area contributed by atoms with Crippen LogP contribution >= 0.6 is 11.8 Å². The van der Waals surface area contributed by atoms with Crippen LogP contribution in [0.15, 0.2) is 10.9 Å². The minimum absolute atomic E-state index is 0.214. The van der Waals surface area contributed by atoms with Gasteiger partial charge in [-0.2, -0.15) is 0 Å². The highest BCUT2D eigenvalue weighted by Gasteiger charge is 2.54. The van der Waals surface area contributed by atoms with Gasteiger partial charge in [0.05, 0.1) is 11.2 Å². The molecule has 2 unspecified atom stereocenters. The van der Waals surface area contributed by atoms with Crippen molar-refractivity contribution in [1.29, 1.82) is 0 Å². The molecule has 2 atom stereocenters. The monoisotopic (exact) mass is 367 g/mol. The molecule has 0 radical (unpaired) electrons. The number of piperidine rings is 1. The maximum absolute atomic E-state index is 12.3. The topological polar surface area (TPSA) is 48.0 Å². The molecule has 0 aromatic carbocycles. The summed E-state index contributed by atoms with van der Waals surface area (Å²) in [5.41, 5.74) is -1.10. The van der Waals surface area contributed by atoms with Crippen LogP contribution in [0.5, 0.6) is 0 Å². The fraction of sp³-hybridized carbons (Fsp3) is 0.833. The third-order valence-corrected chi connectivity index (χ3v) is 6.88. The van der Waals surface area contributed by atoms with Gasteiger partial charge in [-0.25, -0.2) is 4.79 Å². The number of nitrogens with zero attached hydrogens (tertiary/aromatic N) is 1. The van der Waals surface area contributed by atoms with Gasteiger partial charge in [-0.15, -0.1) is 11.8 Å². The molecule has 140 valence electrons. The van der Waals surface area contributed by atoms with Crippen LogP contribution in [0.4, 0.5) is 4.79 Å². The Hall–Kier alpha value is -0.655. The lowest BCUT2D eigenvalue weighted by molar-refractivity contribution is 0.00578. The van der Waals surface area contributed by atoms with Crippen LogP contribution < -0.4 is 0 Å². The molecule has 2 fully saturated rings. The predicted molar refractivity (Wildman–Crippen MR) is 101 cm³/mol. The summed E-state index contributed by atoms with van der Waals surface area (Å²) in [5.74, 6) is 0.334. The SMILES string of the molecule is CC(C)(C)OC(=O)N1CCC2SC(B3OC(C)(C)C(C)(C)O3)=CC2C1. The minimum atomic E-state index is -0.456. The molecule has 3 aliphatic heterocycles. The number of carbonyl (C=O) groups excluding carboxylic acids is 1. The van der Waals surface area contributed by atoms with Gasteiger partial charge in [0.1, 0.15) is 5.60 Å². The van der Waals surface area contributed by atoms with Gasteiger partial charge in [0.25, 0.3) is 0 Å². The number of hydrogen-bond acceptors (Lipinski definition) is 5. The molecule has 0 bridgehead atoms. The van der Waals surface area contributed by atoms with Crippen LogP contribution in [0.2, 0.25) is 0 Å². The van der Waals surface area contributed by atoms with Crippen molar-refractivity contribution in [2.45, 2.75) is 76.9 Å². The summed E-state index contributed by atoms with van der Waals surface area (Å²) in [6, 6.07) is 0. The van der Waals surface area contributed by atoms with E-state index in [2.05, 4.69) is 33.8 Å². The number of carbonyl (C=O) groups is 1. The highest BCUT2D eigenvalue weighted by molar-refractivity contribution is 8.05. The molecular formula is C18H30BNO4S. The second-order valence-corrected chi connectivity index (χ2v) is 10.5. The van der Waals surface area contributed by atoms with E-state index in [-0.39, 0.29) is 24.4 Å². The lowest BCUT2D eigenvalue weighted by Crippen LogP contribution is -2.45. The van der Waals surface area contributed by atoms with E-state index in [1.165, 1.54) is 0 Å². The largest absolute Gasteiger partial charge is 0.501 e. The highest BCUT2D eigenvalue weighted by atomic mass is 32.2. The summed E-state index contributed by atoms with van der Waals surface area (Å²) >= 11 is 1.85. The first-order valence-corrected chi connectivity index (χ1v) is 9.98. The Kier molecular flexibility index (Phi) is 4.74. The number of fused-ring (bicyclic) bond motifs is 1. The maximum Gasteiger partial charge on any atom is 0.501 e. The third kappa shape index (κ3) is 3.88. The zero-order chi connectivity index (χ0) is 18.6. The summed E-state index contributed by atoms with van der Waals surface area (Å²) in [5, 5.41) is 0.493. The van der Waals surface area contributed by atoms with Crippen molar-refractivity contribution in [3.63, 3.8) is 0 Å². The zero-order valence-electron chi connectivity index (χ0n) is 16.4. The van der Waals surface area contributed by atoms with Crippen LogP contribution in [0.1, 0.15) is 54.9 Å². The van der Waals surface area contributed by atoms with Gasteiger partial charge in [0.2, 0.25) is 0 Å². The molecule has 1 amide bonds. The van der Waals surface area contributed by atoms with E-state index in [4.69, 9.17) is 14.0 Å². The Labute approximate surface area is 156 Å². The molecule has 3 heterocycles. The molecule has 0 aromatic rings. The molecule has 0 aliphatic carbocycles. The van der Waals surface area contributed by atoms with Crippen LogP contribution in [0.3, 0.4) is 0 Å². The van der Waals surface area contributed by atoms with E-state index in [1.54, 1.807) is 0 Å². The van der Waals surface area contributed by atoms with Crippen molar-refractivity contribution < 1.29 is 18.8 Å². The van der Waals surface area contributed by atoms with E-state index in [0.717, 1.165) is 17.8 Å². The fourth-order valence-corrected chi connectivity index (χ4v) is 4.65. The molecule has 3 aliphatic rings. The predicted octanol–water partition coefficient (Wildman–Crippen LogP) is 3.87. The average molecular weight is 367 g/mol. The molecule has 0 aromatic heterocycles. The molecular weight excluding hydrogens is 337 g/mol. The Morgan fingerprint density at radius 3 is 2.44 bits per heavy atom. The van der Waals surface area contributed by atoms with Gasteiger partial charge < -0.3 is 18.9 Å². The van der Waals surface area contributed by atoms with Gasteiger partial charge in [0, 0.05) is 29.1 Å². The molecule has 5 nitrogen and oxygen atoms in total. The van der Waals surface area contributed by atoms with E-state index >= 15 is 0 Å². The number of likely N-dealkylation sites (tertiary alicyclic amines) is 1. The van der Waals surface area contributed by atoms with Crippen LogP contribution in [-0.2, 0) is 14.0 Å². The van der Waals surface area contributed by atoms with E-state index in [1.807, 2.05) is 37.4 Å². The van der Waals surface area contributed by atoms with Crippen molar-refractivity contribution in [3.05, 3.63) is 10.9 Å². The summed E-state index contributed by atoms with van der Waals surface area (Å²) in [6.07, 6.45) is 3.00. The van der Waals surface area contributed by atoms with Gasteiger partial charge in [-0.05, 0) is 54.9 Å². The Morgan fingerprint density at radius 1 is 1.28 bits per heavy atom. The number of ether oxygens (including phenoxy) is 1. The molecule has 0 saturated carbocycles. The molecule has 2 saturated heterocycles. The van der Waals surface area contributed by atoms with Gasteiger partial charge in [0.15, 0.2) is 0 Å². The fourth-order valence-electron chi connectivity index (χ4n) is 3.28. The van der Waals surface area contributed by atoms with E-state index in [0.29, 0.717) is 17.7 Å². The zero-order valence-corrected chi connectivity index (χ0v) is 17.2. The molecule has 3 rings (SSSR count). The van der Waals surface area contributed by atoms with Crippen molar-refractivity contribution in [2.75, 3.05) is 13.1 Å².